The highest BCUT2D eigenvalue weighted by Crippen LogP contribution is 2.28. The molecular formula is C26H24Cl2N2O3S. The normalized spacial score (nSPS) is 10.5. The average Bonchev–Trinajstić information content (AvgIpc) is 2.81. The van der Waals surface area contributed by atoms with Crippen molar-refractivity contribution in [3.63, 3.8) is 0 Å². The van der Waals surface area contributed by atoms with E-state index < -0.39 is 5.97 Å². The van der Waals surface area contributed by atoms with Crippen LogP contribution in [0.2, 0.25) is 10.0 Å². The van der Waals surface area contributed by atoms with Crippen LogP contribution in [0.15, 0.2) is 60.7 Å². The number of amides is 1. The summed E-state index contributed by atoms with van der Waals surface area (Å²) >= 11 is 18.4. The number of hydrogen-bond donors (Lipinski definition) is 1. The molecule has 0 radical (unpaired) electrons. The molecule has 0 aliphatic carbocycles. The molecule has 0 atom stereocenters. The quantitative estimate of drug-likeness (QED) is 0.300. The first-order valence-corrected chi connectivity index (χ1v) is 11.8. The lowest BCUT2D eigenvalue weighted by atomic mass is 10.1. The molecule has 5 nitrogen and oxygen atoms in total. The standard InChI is InChI=1S/C26H24Cl2N2O3S/c1-4-33-25(32)18-10-12-20(13-11-18)30(15-21-22(27)6-5-7-23(21)28)26(34)29-24(31)19-9-8-16(2)17(3)14-19/h5-14H,4,15H2,1-3H3,(H,29,31,34). The zero-order valence-corrected chi connectivity index (χ0v) is 21.4. The van der Waals surface area contributed by atoms with Crippen LogP contribution in [0, 0.1) is 13.8 Å². The summed E-state index contributed by atoms with van der Waals surface area (Å²) in [5.74, 6) is -0.744. The molecule has 0 aliphatic heterocycles. The molecular weight excluding hydrogens is 491 g/mol. The lowest BCUT2D eigenvalue weighted by Gasteiger charge is -2.27. The summed E-state index contributed by atoms with van der Waals surface area (Å²) in [5.41, 5.74) is 4.31. The number of nitrogens with one attached hydrogen (secondary N) is 1. The number of hydrogen-bond acceptors (Lipinski definition) is 4. The monoisotopic (exact) mass is 514 g/mol. The van der Waals surface area contributed by atoms with Crippen molar-refractivity contribution in [3.8, 4) is 0 Å². The second-order valence-electron chi connectivity index (χ2n) is 7.61. The van der Waals surface area contributed by atoms with Crippen LogP contribution in [0.25, 0.3) is 0 Å². The van der Waals surface area contributed by atoms with E-state index in [9.17, 15) is 9.59 Å². The molecule has 34 heavy (non-hydrogen) atoms. The van der Waals surface area contributed by atoms with Gasteiger partial charge in [-0.25, -0.2) is 4.79 Å². The first kappa shape index (κ1) is 25.7. The summed E-state index contributed by atoms with van der Waals surface area (Å²) in [7, 11) is 0. The third-order valence-electron chi connectivity index (χ3n) is 5.30. The van der Waals surface area contributed by atoms with Crippen LogP contribution in [0.4, 0.5) is 5.69 Å². The van der Waals surface area contributed by atoms with Crippen molar-refractivity contribution in [2.45, 2.75) is 27.3 Å². The second kappa shape index (κ2) is 11.5. The van der Waals surface area contributed by atoms with Gasteiger partial charge in [-0.2, -0.15) is 0 Å². The number of rotatable bonds is 6. The SMILES string of the molecule is CCOC(=O)c1ccc(N(Cc2c(Cl)cccc2Cl)C(=S)NC(=O)c2ccc(C)c(C)c2)cc1. The van der Waals surface area contributed by atoms with Crippen molar-refractivity contribution >= 4 is 58.1 Å². The fraction of sp³-hybridized carbons (Fsp3) is 0.192. The van der Waals surface area contributed by atoms with Crippen LogP contribution < -0.4 is 10.2 Å². The Bertz CT molecular complexity index is 1210. The topological polar surface area (TPSA) is 58.6 Å². The predicted octanol–water partition coefficient (Wildman–Crippen LogP) is 6.51. The minimum absolute atomic E-state index is 0.170. The summed E-state index contributed by atoms with van der Waals surface area (Å²) in [5, 5.41) is 3.92. The number of halogens is 2. The lowest BCUT2D eigenvalue weighted by Crippen LogP contribution is -2.42. The van der Waals surface area contributed by atoms with Crippen LogP contribution >= 0.6 is 35.4 Å². The zero-order valence-electron chi connectivity index (χ0n) is 19.0. The summed E-state index contributed by atoms with van der Waals surface area (Å²) in [6.07, 6.45) is 0. The van der Waals surface area contributed by atoms with E-state index >= 15 is 0 Å². The first-order chi connectivity index (χ1) is 16.2. The molecule has 3 aromatic carbocycles. The molecule has 0 heterocycles. The van der Waals surface area contributed by atoms with E-state index in [2.05, 4.69) is 5.32 Å². The molecule has 1 N–H and O–H groups in total. The first-order valence-electron chi connectivity index (χ1n) is 10.6. The van der Waals surface area contributed by atoms with Crippen LogP contribution in [0.1, 0.15) is 44.3 Å². The third kappa shape index (κ3) is 6.14. The Morgan fingerprint density at radius 1 is 0.941 bits per heavy atom. The van der Waals surface area contributed by atoms with E-state index in [1.165, 1.54) is 0 Å². The van der Waals surface area contributed by atoms with Gasteiger partial charge in [-0.05, 0) is 92.6 Å². The van der Waals surface area contributed by atoms with Gasteiger partial charge in [-0.3, -0.25) is 10.1 Å². The Kier molecular flexibility index (Phi) is 8.67. The molecule has 0 saturated carbocycles. The summed E-state index contributed by atoms with van der Waals surface area (Å²) in [6, 6.07) is 17.4. The smallest absolute Gasteiger partial charge is 0.338 e. The molecule has 0 fully saturated rings. The largest absolute Gasteiger partial charge is 0.462 e. The predicted molar refractivity (Wildman–Crippen MR) is 141 cm³/mol. The van der Waals surface area contributed by atoms with Crippen molar-refractivity contribution in [1.82, 2.24) is 5.32 Å². The maximum Gasteiger partial charge on any atom is 0.338 e. The maximum absolute atomic E-state index is 12.9. The van der Waals surface area contributed by atoms with Gasteiger partial charge in [0.2, 0.25) is 0 Å². The van der Waals surface area contributed by atoms with Gasteiger partial charge in [0.05, 0.1) is 18.7 Å². The summed E-state index contributed by atoms with van der Waals surface area (Å²) in [6.45, 7) is 6.17. The van der Waals surface area contributed by atoms with E-state index in [0.717, 1.165) is 11.1 Å². The second-order valence-corrected chi connectivity index (χ2v) is 8.81. The molecule has 3 rings (SSSR count). The Labute approximate surface area is 214 Å². The lowest BCUT2D eigenvalue weighted by molar-refractivity contribution is 0.0526. The van der Waals surface area contributed by atoms with Crippen molar-refractivity contribution in [2.24, 2.45) is 0 Å². The van der Waals surface area contributed by atoms with Crippen molar-refractivity contribution in [2.75, 3.05) is 11.5 Å². The summed E-state index contributed by atoms with van der Waals surface area (Å²) in [4.78, 5) is 26.7. The fourth-order valence-electron chi connectivity index (χ4n) is 3.23. The van der Waals surface area contributed by atoms with Crippen molar-refractivity contribution < 1.29 is 14.3 Å². The Balaban J connectivity index is 1.92. The Hall–Kier alpha value is -2.93. The summed E-state index contributed by atoms with van der Waals surface area (Å²) < 4.78 is 5.05. The highest BCUT2D eigenvalue weighted by Gasteiger charge is 2.20. The van der Waals surface area contributed by atoms with Gasteiger partial charge >= 0.3 is 5.97 Å². The fourth-order valence-corrected chi connectivity index (χ4v) is 4.01. The molecule has 1 amide bonds. The number of aryl methyl sites for hydroxylation is 2. The van der Waals surface area contributed by atoms with E-state index in [4.69, 9.17) is 40.2 Å². The zero-order chi connectivity index (χ0) is 24.8. The molecule has 0 unspecified atom stereocenters. The van der Waals surface area contributed by atoms with Gasteiger partial charge in [-0.1, -0.05) is 35.3 Å². The molecule has 0 bridgehead atoms. The Morgan fingerprint density at radius 2 is 1.56 bits per heavy atom. The third-order valence-corrected chi connectivity index (χ3v) is 6.33. The molecule has 176 valence electrons. The Morgan fingerprint density at radius 3 is 2.15 bits per heavy atom. The highest BCUT2D eigenvalue weighted by molar-refractivity contribution is 7.80. The van der Waals surface area contributed by atoms with Crippen LogP contribution in [0.5, 0.6) is 0 Å². The van der Waals surface area contributed by atoms with Crippen LogP contribution in [-0.4, -0.2) is 23.6 Å². The van der Waals surface area contributed by atoms with Gasteiger partial charge in [0.1, 0.15) is 0 Å². The number of benzene rings is 3. The number of ether oxygens (including phenoxy) is 1. The van der Waals surface area contributed by atoms with Crippen molar-refractivity contribution in [3.05, 3.63) is 98.5 Å². The van der Waals surface area contributed by atoms with Gasteiger partial charge in [-0.15, -0.1) is 0 Å². The molecule has 0 aliphatic rings. The number of thiocarbonyl (C=S) groups is 1. The van der Waals surface area contributed by atoms with Gasteiger partial charge in [0, 0.05) is 26.9 Å². The van der Waals surface area contributed by atoms with Gasteiger partial charge in [0.15, 0.2) is 5.11 Å². The molecule has 0 saturated heterocycles. The minimum atomic E-state index is -0.416. The van der Waals surface area contributed by atoms with E-state index in [1.54, 1.807) is 60.4 Å². The number of carbonyl (C=O) groups is 2. The molecule has 8 heteroatoms. The highest BCUT2D eigenvalue weighted by atomic mass is 35.5. The maximum atomic E-state index is 12.9. The van der Waals surface area contributed by atoms with Crippen molar-refractivity contribution in [1.29, 1.82) is 0 Å². The van der Waals surface area contributed by atoms with Gasteiger partial charge < -0.3 is 9.64 Å². The number of esters is 1. The van der Waals surface area contributed by atoms with E-state index in [-0.39, 0.29) is 24.2 Å². The number of anilines is 1. The number of nitrogens with zero attached hydrogens (tertiary/aromatic N) is 1. The van der Waals surface area contributed by atoms with E-state index in [0.29, 0.717) is 32.4 Å². The average molecular weight is 515 g/mol. The van der Waals surface area contributed by atoms with Gasteiger partial charge in [0.25, 0.3) is 5.91 Å². The minimum Gasteiger partial charge on any atom is -0.462 e. The number of carbonyl (C=O) groups excluding carboxylic acids is 2. The molecule has 0 spiro atoms. The van der Waals surface area contributed by atoms with E-state index in [1.807, 2.05) is 26.0 Å². The molecule has 0 aromatic heterocycles. The van der Waals surface area contributed by atoms with Crippen LogP contribution in [-0.2, 0) is 11.3 Å². The molecule has 3 aromatic rings. The van der Waals surface area contributed by atoms with Crippen LogP contribution in [0.3, 0.4) is 0 Å².